The van der Waals surface area contributed by atoms with Crippen LogP contribution < -0.4 is 4.74 Å². The van der Waals surface area contributed by atoms with Crippen LogP contribution >= 0.6 is 0 Å². The lowest BCUT2D eigenvalue weighted by Gasteiger charge is -2.28. The molecule has 1 aliphatic carbocycles. The maximum atomic E-state index is 14.4. The zero-order chi connectivity index (χ0) is 21.9. The third-order valence-corrected chi connectivity index (χ3v) is 6.66. The van der Waals surface area contributed by atoms with Crippen LogP contribution in [-0.2, 0) is 6.42 Å². The summed E-state index contributed by atoms with van der Waals surface area (Å²) in [6, 6.07) is 5.34. The largest absolute Gasteiger partial charge is 0.490 e. The van der Waals surface area contributed by atoms with Gasteiger partial charge in [0.1, 0.15) is 5.82 Å². The third-order valence-electron chi connectivity index (χ3n) is 6.66. The number of hydrogen-bond acceptors (Lipinski definition) is 3. The fraction of sp³-hybridized carbons (Fsp3) is 0.630. The molecule has 3 nitrogen and oxygen atoms in total. The van der Waals surface area contributed by atoms with Crippen LogP contribution in [0.1, 0.15) is 90.0 Å². The van der Waals surface area contributed by atoms with Gasteiger partial charge in [0.05, 0.1) is 19.0 Å². The monoisotopic (exact) mass is 426 g/mol. The van der Waals surface area contributed by atoms with Crippen molar-refractivity contribution in [2.75, 3.05) is 6.61 Å². The van der Waals surface area contributed by atoms with Gasteiger partial charge in [-0.1, -0.05) is 77.3 Å². The molecule has 1 aromatic heterocycles. The van der Waals surface area contributed by atoms with E-state index in [1.807, 2.05) is 12.1 Å². The Morgan fingerprint density at radius 1 is 0.903 bits per heavy atom. The highest BCUT2D eigenvalue weighted by atomic mass is 19.1. The molecule has 0 radical (unpaired) electrons. The Balaban J connectivity index is 1.45. The van der Waals surface area contributed by atoms with Gasteiger partial charge in [0.2, 0.25) is 0 Å². The van der Waals surface area contributed by atoms with Crippen molar-refractivity contribution in [1.82, 2.24) is 9.97 Å². The Labute approximate surface area is 187 Å². The number of halogens is 1. The minimum absolute atomic E-state index is 0.164. The second-order valence-electron chi connectivity index (χ2n) is 9.20. The van der Waals surface area contributed by atoms with Crippen molar-refractivity contribution in [2.45, 2.75) is 90.9 Å². The molecule has 1 aromatic carbocycles. The summed E-state index contributed by atoms with van der Waals surface area (Å²) in [4.78, 5) is 8.82. The molecule has 1 saturated carbocycles. The summed E-state index contributed by atoms with van der Waals surface area (Å²) < 4.78 is 20.4. The lowest BCUT2D eigenvalue weighted by molar-refractivity contribution is 0.177. The van der Waals surface area contributed by atoms with Crippen LogP contribution in [0, 0.1) is 17.7 Å². The summed E-state index contributed by atoms with van der Waals surface area (Å²) in [5.41, 5.74) is 1.49. The summed E-state index contributed by atoms with van der Waals surface area (Å²) in [5.74, 6) is 2.63. The van der Waals surface area contributed by atoms with Crippen molar-refractivity contribution in [3.63, 3.8) is 0 Å². The van der Waals surface area contributed by atoms with Gasteiger partial charge in [-0.15, -0.1) is 0 Å². The van der Waals surface area contributed by atoms with Gasteiger partial charge in [-0.2, -0.15) is 0 Å². The van der Waals surface area contributed by atoms with Crippen molar-refractivity contribution < 1.29 is 9.13 Å². The van der Waals surface area contributed by atoms with Crippen LogP contribution in [0.15, 0.2) is 30.6 Å². The molecule has 1 fully saturated rings. The average Bonchev–Trinajstić information content (AvgIpc) is 2.80. The van der Waals surface area contributed by atoms with E-state index in [-0.39, 0.29) is 5.82 Å². The van der Waals surface area contributed by atoms with Crippen molar-refractivity contribution >= 4 is 0 Å². The topological polar surface area (TPSA) is 35.0 Å². The minimum Gasteiger partial charge on any atom is -0.490 e. The van der Waals surface area contributed by atoms with E-state index in [9.17, 15) is 4.39 Å². The molecular formula is C27H39FN2O. The van der Waals surface area contributed by atoms with Crippen LogP contribution in [-0.4, -0.2) is 16.6 Å². The van der Waals surface area contributed by atoms with Crippen LogP contribution in [0.2, 0.25) is 0 Å². The van der Waals surface area contributed by atoms with E-state index in [4.69, 9.17) is 4.74 Å². The van der Waals surface area contributed by atoms with Crippen molar-refractivity contribution in [2.24, 2.45) is 11.8 Å². The predicted octanol–water partition coefficient (Wildman–Crippen LogP) is 7.78. The lowest BCUT2D eigenvalue weighted by Crippen LogP contribution is -2.20. The second-order valence-corrected chi connectivity index (χ2v) is 9.20. The molecular weight excluding hydrogens is 387 g/mol. The molecule has 0 bridgehead atoms. The number of aryl methyl sites for hydroxylation is 1. The molecule has 0 spiro atoms. The fourth-order valence-electron chi connectivity index (χ4n) is 4.58. The molecule has 2 aromatic rings. The van der Waals surface area contributed by atoms with Gasteiger partial charge < -0.3 is 4.74 Å². The van der Waals surface area contributed by atoms with Crippen molar-refractivity contribution in [3.05, 3.63) is 42.0 Å². The SMILES string of the molecule is CCCCCc1ccc(-c2ncc(OC[C@H]3CC[C@H](CCCCC)CC3)cn2)cc1F. The van der Waals surface area contributed by atoms with Crippen LogP contribution in [0.3, 0.4) is 0 Å². The molecule has 0 N–H and O–H groups in total. The number of rotatable bonds is 12. The van der Waals surface area contributed by atoms with Gasteiger partial charge in [0, 0.05) is 5.56 Å². The second kappa shape index (κ2) is 12.8. The number of unbranched alkanes of at least 4 members (excludes halogenated alkanes) is 4. The molecule has 0 atom stereocenters. The standard InChI is InChI=1S/C27H39FN2O/c1-3-5-7-9-21-11-13-22(14-12-21)20-31-25-18-29-27(30-19-25)24-16-15-23(26(28)17-24)10-8-6-4-2/h15-19,21-22H,3-14,20H2,1-2H3/t21-,22-. The van der Waals surface area contributed by atoms with E-state index < -0.39 is 0 Å². The highest BCUT2D eigenvalue weighted by molar-refractivity contribution is 5.55. The Morgan fingerprint density at radius 3 is 2.26 bits per heavy atom. The number of benzene rings is 1. The molecule has 1 aliphatic rings. The first kappa shape index (κ1) is 23.7. The van der Waals surface area contributed by atoms with Gasteiger partial charge in [-0.3, -0.25) is 0 Å². The van der Waals surface area contributed by atoms with Crippen molar-refractivity contribution in [1.29, 1.82) is 0 Å². The predicted molar refractivity (Wildman–Crippen MR) is 126 cm³/mol. The molecule has 0 unspecified atom stereocenters. The smallest absolute Gasteiger partial charge is 0.159 e. The van der Waals surface area contributed by atoms with Gasteiger partial charge in [0.15, 0.2) is 11.6 Å². The van der Waals surface area contributed by atoms with Crippen LogP contribution in [0.4, 0.5) is 4.39 Å². The van der Waals surface area contributed by atoms with E-state index in [0.29, 0.717) is 23.1 Å². The molecule has 0 aliphatic heterocycles. The van der Waals surface area contributed by atoms with Gasteiger partial charge in [0.25, 0.3) is 0 Å². The molecule has 0 saturated heterocycles. The molecule has 1 heterocycles. The molecule has 0 amide bonds. The highest BCUT2D eigenvalue weighted by Gasteiger charge is 2.21. The summed E-state index contributed by atoms with van der Waals surface area (Å²) in [6.45, 7) is 5.17. The summed E-state index contributed by atoms with van der Waals surface area (Å²) in [6.07, 6.45) is 18.2. The quantitative estimate of drug-likeness (QED) is 0.325. The lowest BCUT2D eigenvalue weighted by atomic mass is 9.80. The van der Waals surface area contributed by atoms with E-state index in [0.717, 1.165) is 43.8 Å². The van der Waals surface area contributed by atoms with Gasteiger partial charge in [-0.05, 0) is 49.1 Å². The van der Waals surface area contributed by atoms with Crippen LogP contribution in [0.5, 0.6) is 5.75 Å². The van der Waals surface area contributed by atoms with E-state index in [1.54, 1.807) is 18.5 Å². The first-order valence-electron chi connectivity index (χ1n) is 12.4. The third kappa shape index (κ3) is 7.59. The Bertz CT molecular complexity index is 769. The summed E-state index contributed by atoms with van der Waals surface area (Å²) in [7, 11) is 0. The van der Waals surface area contributed by atoms with E-state index in [2.05, 4.69) is 23.8 Å². The van der Waals surface area contributed by atoms with Gasteiger partial charge in [-0.25, -0.2) is 14.4 Å². The highest BCUT2D eigenvalue weighted by Crippen LogP contribution is 2.32. The summed E-state index contributed by atoms with van der Waals surface area (Å²) in [5, 5.41) is 0. The normalized spacial score (nSPS) is 18.8. The maximum absolute atomic E-state index is 14.4. The summed E-state index contributed by atoms with van der Waals surface area (Å²) >= 11 is 0. The van der Waals surface area contributed by atoms with Crippen LogP contribution in [0.25, 0.3) is 11.4 Å². The van der Waals surface area contributed by atoms with E-state index in [1.165, 1.54) is 51.4 Å². The Hall–Kier alpha value is -1.97. The fourth-order valence-corrected chi connectivity index (χ4v) is 4.58. The molecule has 4 heteroatoms. The molecule has 3 rings (SSSR count). The Kier molecular flexibility index (Phi) is 9.77. The van der Waals surface area contributed by atoms with Crippen molar-refractivity contribution in [3.8, 4) is 17.1 Å². The number of hydrogen-bond donors (Lipinski definition) is 0. The number of aromatic nitrogens is 2. The first-order chi connectivity index (χ1) is 15.2. The molecule has 170 valence electrons. The number of nitrogens with zero attached hydrogens (tertiary/aromatic N) is 2. The van der Waals surface area contributed by atoms with E-state index >= 15 is 0 Å². The minimum atomic E-state index is -0.164. The maximum Gasteiger partial charge on any atom is 0.159 e. The zero-order valence-corrected chi connectivity index (χ0v) is 19.4. The zero-order valence-electron chi connectivity index (χ0n) is 19.4. The average molecular weight is 427 g/mol. The first-order valence-corrected chi connectivity index (χ1v) is 12.4. The number of ether oxygens (including phenoxy) is 1. The molecule has 31 heavy (non-hydrogen) atoms. The van der Waals surface area contributed by atoms with Gasteiger partial charge >= 0.3 is 0 Å². The Morgan fingerprint density at radius 2 is 1.58 bits per heavy atom.